The van der Waals surface area contributed by atoms with Crippen molar-refractivity contribution in [1.29, 1.82) is 0 Å². The van der Waals surface area contributed by atoms with Crippen LogP contribution in [0.3, 0.4) is 0 Å². The molecule has 3 heteroatoms. The third kappa shape index (κ3) is 2.94. The largest absolute Gasteiger partial charge is 0.322 e. The summed E-state index contributed by atoms with van der Waals surface area (Å²) < 4.78 is 2.09. The molecule has 0 aromatic carbocycles. The number of aryl methyl sites for hydroxylation is 1. The van der Waals surface area contributed by atoms with Crippen LogP contribution >= 0.6 is 0 Å². The zero-order chi connectivity index (χ0) is 13.2. The van der Waals surface area contributed by atoms with E-state index in [1.165, 1.54) is 31.4 Å². The Morgan fingerprint density at radius 2 is 2.11 bits per heavy atom. The molecule has 1 aliphatic carbocycles. The second-order valence-electron chi connectivity index (χ2n) is 6.51. The minimum absolute atomic E-state index is 0.162. The molecular formula is C15H27N3. The van der Waals surface area contributed by atoms with Gasteiger partial charge in [-0.3, -0.25) is 4.68 Å². The van der Waals surface area contributed by atoms with Crippen LogP contribution < -0.4 is 5.73 Å². The van der Waals surface area contributed by atoms with Crippen molar-refractivity contribution in [3.8, 4) is 0 Å². The van der Waals surface area contributed by atoms with Crippen LogP contribution in [0.25, 0.3) is 0 Å². The van der Waals surface area contributed by atoms with Crippen LogP contribution in [0, 0.1) is 11.3 Å². The fourth-order valence-electron chi connectivity index (χ4n) is 3.05. The average Bonchev–Trinajstić information content (AvgIpc) is 2.77. The average molecular weight is 249 g/mol. The van der Waals surface area contributed by atoms with Gasteiger partial charge in [-0.25, -0.2) is 0 Å². The molecular weight excluding hydrogens is 222 g/mol. The first kappa shape index (κ1) is 13.6. The van der Waals surface area contributed by atoms with Crippen molar-refractivity contribution in [2.24, 2.45) is 17.1 Å². The van der Waals surface area contributed by atoms with Gasteiger partial charge in [0.2, 0.25) is 0 Å². The van der Waals surface area contributed by atoms with Crippen LogP contribution in [-0.2, 0) is 6.54 Å². The topological polar surface area (TPSA) is 43.8 Å². The summed E-state index contributed by atoms with van der Waals surface area (Å²) >= 11 is 0. The maximum absolute atomic E-state index is 6.47. The summed E-state index contributed by atoms with van der Waals surface area (Å²) in [5, 5.41) is 4.39. The number of hydrogen-bond acceptors (Lipinski definition) is 2. The van der Waals surface area contributed by atoms with Crippen molar-refractivity contribution in [2.75, 3.05) is 0 Å². The van der Waals surface area contributed by atoms with Gasteiger partial charge in [0.1, 0.15) is 0 Å². The third-order valence-corrected chi connectivity index (χ3v) is 4.42. The van der Waals surface area contributed by atoms with Gasteiger partial charge in [-0.1, -0.05) is 20.8 Å². The smallest absolute Gasteiger partial charge is 0.0554 e. The molecule has 0 saturated heterocycles. The first-order chi connectivity index (χ1) is 8.53. The predicted octanol–water partition coefficient (Wildman–Crippen LogP) is 3.51. The number of hydrogen-bond donors (Lipinski definition) is 1. The summed E-state index contributed by atoms with van der Waals surface area (Å²) in [5.74, 6) is 0.630. The van der Waals surface area contributed by atoms with E-state index < -0.39 is 0 Å². The SMILES string of the molecule is CCCn1nccc1C(N)C1CCC(C)(C)CC1. The van der Waals surface area contributed by atoms with E-state index >= 15 is 0 Å². The highest BCUT2D eigenvalue weighted by Crippen LogP contribution is 2.41. The predicted molar refractivity (Wildman–Crippen MR) is 75.2 cm³/mol. The van der Waals surface area contributed by atoms with Gasteiger partial charge in [-0.2, -0.15) is 5.10 Å². The lowest BCUT2D eigenvalue weighted by molar-refractivity contribution is 0.171. The molecule has 3 nitrogen and oxygen atoms in total. The number of aromatic nitrogens is 2. The Labute approximate surface area is 111 Å². The van der Waals surface area contributed by atoms with Crippen LogP contribution in [0.4, 0.5) is 0 Å². The lowest BCUT2D eigenvalue weighted by Gasteiger charge is -2.36. The van der Waals surface area contributed by atoms with E-state index in [-0.39, 0.29) is 6.04 Å². The van der Waals surface area contributed by atoms with Gasteiger partial charge in [0.25, 0.3) is 0 Å². The minimum atomic E-state index is 0.162. The molecule has 1 aromatic rings. The van der Waals surface area contributed by atoms with Gasteiger partial charge in [-0.05, 0) is 49.5 Å². The Bertz CT molecular complexity index is 371. The van der Waals surface area contributed by atoms with E-state index in [2.05, 4.69) is 36.6 Å². The van der Waals surface area contributed by atoms with E-state index in [0.29, 0.717) is 11.3 Å². The molecule has 0 spiro atoms. The van der Waals surface area contributed by atoms with Crippen molar-refractivity contribution in [3.05, 3.63) is 18.0 Å². The van der Waals surface area contributed by atoms with Crippen LogP contribution in [-0.4, -0.2) is 9.78 Å². The van der Waals surface area contributed by atoms with E-state index in [0.717, 1.165) is 13.0 Å². The molecule has 1 heterocycles. The van der Waals surface area contributed by atoms with E-state index in [1.807, 2.05) is 6.20 Å². The standard InChI is InChI=1S/C15H27N3/c1-4-11-18-13(7-10-17-18)14(16)12-5-8-15(2,3)9-6-12/h7,10,12,14H,4-6,8-9,11,16H2,1-3H3. The quantitative estimate of drug-likeness (QED) is 0.887. The number of nitrogens with two attached hydrogens (primary N) is 1. The molecule has 1 fully saturated rings. The Hall–Kier alpha value is -0.830. The van der Waals surface area contributed by atoms with Gasteiger partial charge in [0.05, 0.1) is 5.69 Å². The highest BCUT2D eigenvalue weighted by atomic mass is 15.3. The van der Waals surface area contributed by atoms with Gasteiger partial charge in [0, 0.05) is 18.8 Å². The second-order valence-corrected chi connectivity index (χ2v) is 6.51. The molecule has 18 heavy (non-hydrogen) atoms. The Morgan fingerprint density at radius 3 is 2.72 bits per heavy atom. The molecule has 2 N–H and O–H groups in total. The van der Waals surface area contributed by atoms with E-state index in [4.69, 9.17) is 5.73 Å². The van der Waals surface area contributed by atoms with Crippen molar-refractivity contribution in [3.63, 3.8) is 0 Å². The first-order valence-electron chi connectivity index (χ1n) is 7.31. The van der Waals surface area contributed by atoms with Gasteiger partial charge >= 0.3 is 0 Å². The monoisotopic (exact) mass is 249 g/mol. The first-order valence-corrected chi connectivity index (χ1v) is 7.31. The van der Waals surface area contributed by atoms with Crippen LogP contribution in [0.5, 0.6) is 0 Å². The summed E-state index contributed by atoms with van der Waals surface area (Å²) in [5.41, 5.74) is 8.21. The Morgan fingerprint density at radius 1 is 1.44 bits per heavy atom. The molecule has 2 rings (SSSR count). The van der Waals surface area contributed by atoms with Crippen molar-refractivity contribution in [1.82, 2.24) is 9.78 Å². The van der Waals surface area contributed by atoms with Crippen molar-refractivity contribution < 1.29 is 0 Å². The molecule has 0 bridgehead atoms. The fraction of sp³-hybridized carbons (Fsp3) is 0.800. The summed E-state index contributed by atoms with van der Waals surface area (Å²) in [7, 11) is 0. The number of rotatable bonds is 4. The Kier molecular flexibility index (Phi) is 4.10. The summed E-state index contributed by atoms with van der Waals surface area (Å²) in [4.78, 5) is 0. The summed E-state index contributed by atoms with van der Waals surface area (Å²) in [6, 6.07) is 2.26. The molecule has 1 atom stereocenters. The Balaban J connectivity index is 2.03. The van der Waals surface area contributed by atoms with Crippen molar-refractivity contribution in [2.45, 2.75) is 65.5 Å². The van der Waals surface area contributed by atoms with Gasteiger partial charge in [-0.15, -0.1) is 0 Å². The minimum Gasteiger partial charge on any atom is -0.322 e. The van der Waals surface area contributed by atoms with Gasteiger partial charge in [0.15, 0.2) is 0 Å². The summed E-state index contributed by atoms with van der Waals surface area (Å²) in [6.45, 7) is 7.90. The third-order valence-electron chi connectivity index (χ3n) is 4.42. The maximum Gasteiger partial charge on any atom is 0.0554 e. The fourth-order valence-corrected chi connectivity index (χ4v) is 3.05. The molecule has 0 amide bonds. The molecule has 1 unspecified atom stereocenters. The molecule has 102 valence electrons. The van der Waals surface area contributed by atoms with Crippen LogP contribution in [0.15, 0.2) is 12.3 Å². The molecule has 0 aliphatic heterocycles. The molecule has 0 radical (unpaired) electrons. The highest BCUT2D eigenvalue weighted by molar-refractivity contribution is 5.08. The van der Waals surface area contributed by atoms with Crippen LogP contribution in [0.2, 0.25) is 0 Å². The lowest BCUT2D eigenvalue weighted by Crippen LogP contribution is -2.30. The summed E-state index contributed by atoms with van der Waals surface area (Å²) in [6.07, 6.45) is 8.11. The van der Waals surface area contributed by atoms with Crippen molar-refractivity contribution >= 4 is 0 Å². The molecule has 1 aromatic heterocycles. The lowest BCUT2D eigenvalue weighted by atomic mass is 9.71. The van der Waals surface area contributed by atoms with Crippen LogP contribution in [0.1, 0.15) is 64.6 Å². The zero-order valence-corrected chi connectivity index (χ0v) is 12.0. The second kappa shape index (κ2) is 5.43. The molecule has 1 saturated carbocycles. The van der Waals surface area contributed by atoms with E-state index in [1.54, 1.807) is 0 Å². The zero-order valence-electron chi connectivity index (χ0n) is 12.0. The molecule has 1 aliphatic rings. The van der Waals surface area contributed by atoms with Gasteiger partial charge < -0.3 is 5.73 Å². The van der Waals surface area contributed by atoms with E-state index in [9.17, 15) is 0 Å². The number of nitrogens with zero attached hydrogens (tertiary/aromatic N) is 2. The highest BCUT2D eigenvalue weighted by Gasteiger charge is 2.31. The maximum atomic E-state index is 6.47. The normalized spacial score (nSPS) is 22.0.